The van der Waals surface area contributed by atoms with Crippen LogP contribution in [-0.2, 0) is 5.41 Å². The number of fused-ring (bicyclic) bond motifs is 3. The first-order valence-electron chi connectivity index (χ1n) is 7.61. The lowest BCUT2D eigenvalue weighted by Gasteiger charge is -2.21. The summed E-state index contributed by atoms with van der Waals surface area (Å²) in [6.07, 6.45) is 3.84. The second-order valence-corrected chi connectivity index (χ2v) is 6.42. The summed E-state index contributed by atoms with van der Waals surface area (Å²) in [7, 11) is 0. The van der Waals surface area contributed by atoms with Gasteiger partial charge in [-0.3, -0.25) is 9.97 Å². The molecule has 3 aromatic rings. The van der Waals surface area contributed by atoms with Gasteiger partial charge in [0, 0.05) is 34.6 Å². The van der Waals surface area contributed by atoms with Gasteiger partial charge < -0.3 is 0 Å². The molecule has 1 aliphatic carbocycles. The molecule has 0 unspecified atom stereocenters. The van der Waals surface area contributed by atoms with Crippen molar-refractivity contribution in [3.05, 3.63) is 71.7 Å². The van der Waals surface area contributed by atoms with Crippen LogP contribution in [0.25, 0.3) is 22.4 Å². The molecule has 0 atom stereocenters. The largest absolute Gasteiger partial charge is 0.261 e. The number of benzene rings is 1. The first-order chi connectivity index (χ1) is 10.6. The molecule has 2 heterocycles. The van der Waals surface area contributed by atoms with Gasteiger partial charge in [-0.25, -0.2) is 0 Å². The minimum absolute atomic E-state index is 0.0136. The highest BCUT2D eigenvalue weighted by molar-refractivity contribution is 5.82. The van der Waals surface area contributed by atoms with Crippen LogP contribution in [0.4, 0.5) is 0 Å². The molecular weight excluding hydrogens is 268 g/mol. The normalized spacial score (nSPS) is 14.5. The molecule has 2 nitrogen and oxygen atoms in total. The Hall–Kier alpha value is -2.48. The zero-order valence-electron chi connectivity index (χ0n) is 13.1. The molecule has 1 aromatic carbocycles. The number of pyridine rings is 2. The summed E-state index contributed by atoms with van der Waals surface area (Å²) in [6.45, 7) is 6.61. The van der Waals surface area contributed by atoms with Crippen molar-refractivity contribution in [2.75, 3.05) is 0 Å². The molecule has 22 heavy (non-hydrogen) atoms. The van der Waals surface area contributed by atoms with Gasteiger partial charge in [0.15, 0.2) is 0 Å². The van der Waals surface area contributed by atoms with Crippen LogP contribution in [0.5, 0.6) is 0 Å². The van der Waals surface area contributed by atoms with Gasteiger partial charge >= 0.3 is 0 Å². The predicted octanol–water partition coefficient (Wildman–Crippen LogP) is 4.76. The summed E-state index contributed by atoms with van der Waals surface area (Å²) in [4.78, 5) is 9.09. The molecule has 0 saturated heterocycles. The standard InChI is InChI=1S/C20H18N2/c1-13-14(8-6-10-21-13)19-11-18-16(12-22-19)15-7-4-5-9-17(15)20(18,2)3/h4-12H,1-3H3. The average molecular weight is 286 g/mol. The molecule has 108 valence electrons. The highest BCUT2D eigenvalue weighted by atomic mass is 14.7. The van der Waals surface area contributed by atoms with E-state index in [1.807, 2.05) is 25.4 Å². The summed E-state index contributed by atoms with van der Waals surface area (Å²) < 4.78 is 0. The Morgan fingerprint density at radius 1 is 0.818 bits per heavy atom. The summed E-state index contributed by atoms with van der Waals surface area (Å²) in [6, 6.07) is 14.9. The minimum atomic E-state index is 0.0136. The fourth-order valence-electron chi connectivity index (χ4n) is 3.50. The lowest BCUT2D eigenvalue weighted by Crippen LogP contribution is -2.15. The van der Waals surface area contributed by atoms with Crippen LogP contribution in [0, 0.1) is 6.92 Å². The Labute approximate surface area is 130 Å². The van der Waals surface area contributed by atoms with Gasteiger partial charge in [-0.15, -0.1) is 0 Å². The van der Waals surface area contributed by atoms with E-state index in [2.05, 4.69) is 55.2 Å². The number of nitrogens with zero attached hydrogens (tertiary/aromatic N) is 2. The van der Waals surface area contributed by atoms with Crippen LogP contribution in [-0.4, -0.2) is 9.97 Å². The topological polar surface area (TPSA) is 25.8 Å². The zero-order valence-corrected chi connectivity index (χ0v) is 13.1. The molecule has 0 amide bonds. The number of hydrogen-bond donors (Lipinski definition) is 0. The van der Waals surface area contributed by atoms with Crippen molar-refractivity contribution < 1.29 is 0 Å². The second-order valence-electron chi connectivity index (χ2n) is 6.42. The number of rotatable bonds is 1. The van der Waals surface area contributed by atoms with E-state index >= 15 is 0 Å². The van der Waals surface area contributed by atoms with Gasteiger partial charge in [-0.2, -0.15) is 0 Å². The highest BCUT2D eigenvalue weighted by Gasteiger charge is 2.35. The highest BCUT2D eigenvalue weighted by Crippen LogP contribution is 2.48. The van der Waals surface area contributed by atoms with Crippen LogP contribution >= 0.6 is 0 Å². The molecule has 4 rings (SSSR count). The molecule has 0 spiro atoms. The third-order valence-corrected chi connectivity index (χ3v) is 4.75. The van der Waals surface area contributed by atoms with E-state index in [0.29, 0.717) is 0 Å². The van der Waals surface area contributed by atoms with Crippen LogP contribution < -0.4 is 0 Å². The van der Waals surface area contributed by atoms with Crippen molar-refractivity contribution in [2.24, 2.45) is 0 Å². The predicted molar refractivity (Wildman–Crippen MR) is 89.8 cm³/mol. The SMILES string of the molecule is Cc1ncccc1-c1cc2c(cn1)-c1ccccc1C2(C)C. The summed E-state index contributed by atoms with van der Waals surface area (Å²) in [5, 5.41) is 0. The monoisotopic (exact) mass is 286 g/mol. The van der Waals surface area contributed by atoms with E-state index in [1.165, 1.54) is 22.3 Å². The summed E-state index contributed by atoms with van der Waals surface area (Å²) in [5.41, 5.74) is 8.44. The van der Waals surface area contributed by atoms with Crippen molar-refractivity contribution in [3.8, 4) is 22.4 Å². The number of hydrogen-bond acceptors (Lipinski definition) is 2. The summed E-state index contributed by atoms with van der Waals surface area (Å²) >= 11 is 0. The van der Waals surface area contributed by atoms with E-state index in [1.54, 1.807) is 0 Å². The maximum absolute atomic E-state index is 4.71. The van der Waals surface area contributed by atoms with Gasteiger partial charge in [0.2, 0.25) is 0 Å². The van der Waals surface area contributed by atoms with Crippen LogP contribution in [0.15, 0.2) is 54.9 Å². The summed E-state index contributed by atoms with van der Waals surface area (Å²) in [5.74, 6) is 0. The van der Waals surface area contributed by atoms with E-state index in [0.717, 1.165) is 17.0 Å². The Morgan fingerprint density at radius 3 is 2.41 bits per heavy atom. The Morgan fingerprint density at radius 2 is 1.59 bits per heavy atom. The molecule has 0 N–H and O–H groups in total. The van der Waals surface area contributed by atoms with E-state index in [9.17, 15) is 0 Å². The maximum Gasteiger partial charge on any atom is 0.0723 e. The average Bonchev–Trinajstić information content (AvgIpc) is 2.76. The van der Waals surface area contributed by atoms with Crippen molar-refractivity contribution in [1.29, 1.82) is 0 Å². The number of aryl methyl sites for hydroxylation is 1. The fourth-order valence-corrected chi connectivity index (χ4v) is 3.50. The molecule has 2 aromatic heterocycles. The molecule has 1 aliphatic rings. The zero-order chi connectivity index (χ0) is 15.3. The van der Waals surface area contributed by atoms with Gasteiger partial charge in [0.05, 0.1) is 5.69 Å². The van der Waals surface area contributed by atoms with Crippen LogP contribution in [0.1, 0.15) is 30.7 Å². The van der Waals surface area contributed by atoms with E-state index < -0.39 is 0 Å². The molecular formula is C20H18N2. The van der Waals surface area contributed by atoms with Gasteiger partial charge in [0.25, 0.3) is 0 Å². The third-order valence-electron chi connectivity index (χ3n) is 4.75. The van der Waals surface area contributed by atoms with E-state index in [4.69, 9.17) is 4.98 Å². The van der Waals surface area contributed by atoms with Crippen LogP contribution in [0.2, 0.25) is 0 Å². The number of aromatic nitrogens is 2. The van der Waals surface area contributed by atoms with E-state index in [-0.39, 0.29) is 5.41 Å². The Kier molecular flexibility index (Phi) is 2.70. The maximum atomic E-state index is 4.71. The fraction of sp³-hybridized carbons (Fsp3) is 0.200. The van der Waals surface area contributed by atoms with Gasteiger partial charge in [0.1, 0.15) is 0 Å². The smallest absolute Gasteiger partial charge is 0.0723 e. The quantitative estimate of drug-likeness (QED) is 0.644. The first-order valence-corrected chi connectivity index (χ1v) is 7.61. The lowest BCUT2D eigenvalue weighted by atomic mass is 9.82. The molecule has 0 bridgehead atoms. The Bertz CT molecular complexity index is 878. The van der Waals surface area contributed by atoms with Gasteiger partial charge in [-0.1, -0.05) is 38.1 Å². The van der Waals surface area contributed by atoms with Crippen molar-refractivity contribution >= 4 is 0 Å². The first kappa shape index (κ1) is 13.2. The third kappa shape index (κ3) is 1.73. The molecule has 0 radical (unpaired) electrons. The van der Waals surface area contributed by atoms with Crippen molar-refractivity contribution in [2.45, 2.75) is 26.2 Å². The van der Waals surface area contributed by atoms with Crippen molar-refractivity contribution in [3.63, 3.8) is 0 Å². The minimum Gasteiger partial charge on any atom is -0.261 e. The van der Waals surface area contributed by atoms with Gasteiger partial charge in [-0.05, 0) is 41.8 Å². The molecule has 0 saturated carbocycles. The van der Waals surface area contributed by atoms with Crippen LogP contribution in [0.3, 0.4) is 0 Å². The molecule has 0 aliphatic heterocycles. The second kappa shape index (κ2) is 4.51. The molecule has 2 heteroatoms. The Balaban J connectivity index is 1.95. The lowest BCUT2D eigenvalue weighted by molar-refractivity contribution is 0.660. The van der Waals surface area contributed by atoms with Crippen molar-refractivity contribution in [1.82, 2.24) is 9.97 Å². The molecule has 0 fully saturated rings.